The number of nitrogens with two attached hydrogens (primary N) is 1. The average Bonchev–Trinajstić information content (AvgIpc) is 2.72. The maximum absolute atomic E-state index is 9.58. The van der Waals surface area contributed by atoms with E-state index in [2.05, 4.69) is 43.5 Å². The summed E-state index contributed by atoms with van der Waals surface area (Å²) in [5, 5.41) is 9.58. The molecule has 108 valence electrons. The molecule has 4 nitrogen and oxygen atoms in total. The van der Waals surface area contributed by atoms with Crippen LogP contribution in [0.2, 0.25) is 0 Å². The Morgan fingerprint density at radius 2 is 2.05 bits per heavy atom. The van der Waals surface area contributed by atoms with Gasteiger partial charge >= 0.3 is 0 Å². The summed E-state index contributed by atoms with van der Waals surface area (Å²) in [6.45, 7) is 7.13. The Hall–Kier alpha value is -1.39. The van der Waals surface area contributed by atoms with Crippen LogP contribution in [-0.2, 0) is 12.1 Å². The van der Waals surface area contributed by atoms with Gasteiger partial charge in [-0.05, 0) is 51.3 Å². The first-order valence-corrected chi connectivity index (χ1v) is 7.30. The molecular weight excluding hydrogens is 250 g/mol. The Kier molecular flexibility index (Phi) is 3.10. The zero-order valence-electron chi connectivity index (χ0n) is 12.4. The summed E-state index contributed by atoms with van der Waals surface area (Å²) in [5.74, 6) is 1.48. The van der Waals surface area contributed by atoms with Gasteiger partial charge in [0.15, 0.2) is 0 Å². The van der Waals surface area contributed by atoms with E-state index in [1.807, 2.05) is 0 Å². The van der Waals surface area contributed by atoms with Gasteiger partial charge in [0.2, 0.25) is 0 Å². The predicted molar refractivity (Wildman–Crippen MR) is 80.6 cm³/mol. The van der Waals surface area contributed by atoms with Crippen LogP contribution in [0.1, 0.15) is 50.9 Å². The summed E-state index contributed by atoms with van der Waals surface area (Å²) in [5.41, 5.74) is 8.98. The van der Waals surface area contributed by atoms with Crippen LogP contribution >= 0.6 is 0 Å². The zero-order chi connectivity index (χ0) is 14.5. The molecule has 20 heavy (non-hydrogen) atoms. The van der Waals surface area contributed by atoms with Gasteiger partial charge in [0.05, 0.1) is 17.1 Å². The van der Waals surface area contributed by atoms with E-state index >= 15 is 0 Å². The Bertz CT molecular complexity index is 633. The number of hydrogen-bond acceptors (Lipinski definition) is 3. The number of hydrogen-bond donors (Lipinski definition) is 2. The van der Waals surface area contributed by atoms with Crippen LogP contribution in [0.15, 0.2) is 18.2 Å². The fourth-order valence-electron chi connectivity index (χ4n) is 3.05. The van der Waals surface area contributed by atoms with E-state index in [4.69, 9.17) is 10.7 Å². The Labute approximate surface area is 119 Å². The van der Waals surface area contributed by atoms with Gasteiger partial charge in [-0.1, -0.05) is 6.07 Å². The first-order chi connectivity index (χ1) is 9.40. The molecule has 2 aromatic rings. The van der Waals surface area contributed by atoms with Gasteiger partial charge in [-0.25, -0.2) is 4.98 Å². The van der Waals surface area contributed by atoms with E-state index in [0.29, 0.717) is 12.5 Å². The predicted octanol–water partition coefficient (Wildman–Crippen LogP) is 2.49. The number of benzene rings is 1. The van der Waals surface area contributed by atoms with Crippen molar-refractivity contribution in [2.45, 2.75) is 57.7 Å². The van der Waals surface area contributed by atoms with Crippen LogP contribution in [0.5, 0.6) is 0 Å². The molecule has 1 heterocycles. The molecule has 4 heteroatoms. The summed E-state index contributed by atoms with van der Waals surface area (Å²) in [6.07, 6.45) is 1.49. The molecular formula is C16H23N3O. The van der Waals surface area contributed by atoms with Crippen molar-refractivity contribution in [1.82, 2.24) is 9.55 Å². The molecule has 0 bridgehead atoms. The lowest BCUT2D eigenvalue weighted by atomic mass is 9.81. The lowest BCUT2D eigenvalue weighted by Crippen LogP contribution is -2.32. The van der Waals surface area contributed by atoms with Crippen LogP contribution in [0, 0.1) is 0 Å². The topological polar surface area (TPSA) is 64.1 Å². The van der Waals surface area contributed by atoms with E-state index < -0.39 is 0 Å². The minimum Gasteiger partial charge on any atom is -0.393 e. The second-order valence-electron chi connectivity index (χ2n) is 6.83. The number of aromatic nitrogens is 2. The lowest BCUT2D eigenvalue weighted by molar-refractivity contribution is 0.0691. The van der Waals surface area contributed by atoms with E-state index in [9.17, 15) is 5.11 Å². The van der Waals surface area contributed by atoms with Crippen LogP contribution in [0.3, 0.4) is 0 Å². The molecule has 0 amide bonds. The fraction of sp³-hybridized carbons (Fsp3) is 0.562. The number of fused-ring (bicyclic) bond motifs is 1. The van der Waals surface area contributed by atoms with Crippen LogP contribution in [0.4, 0.5) is 0 Å². The number of nitrogens with zero attached hydrogens (tertiary/aromatic N) is 2. The molecule has 0 spiro atoms. The first-order valence-electron chi connectivity index (χ1n) is 7.30. The zero-order valence-corrected chi connectivity index (χ0v) is 12.4. The van der Waals surface area contributed by atoms with Crippen molar-refractivity contribution in [1.29, 1.82) is 0 Å². The molecule has 3 rings (SSSR count). The Morgan fingerprint density at radius 3 is 2.60 bits per heavy atom. The Morgan fingerprint density at radius 1 is 1.35 bits per heavy atom. The quantitative estimate of drug-likeness (QED) is 0.883. The standard InChI is InChI=1S/C16H23N3O/c1-16(2,3)19-14-5-4-10(9-17)6-13(14)18-15(19)11-7-12(20)8-11/h4-6,11-12,20H,7-9,17H2,1-3H3. The maximum Gasteiger partial charge on any atom is 0.113 e. The highest BCUT2D eigenvalue weighted by Crippen LogP contribution is 2.39. The highest BCUT2D eigenvalue weighted by molar-refractivity contribution is 5.77. The van der Waals surface area contributed by atoms with Gasteiger partial charge in [-0.15, -0.1) is 0 Å². The summed E-state index contributed by atoms with van der Waals surface area (Å²) in [7, 11) is 0. The molecule has 1 aliphatic rings. The van der Waals surface area contributed by atoms with E-state index in [1.54, 1.807) is 0 Å². The molecule has 1 fully saturated rings. The highest BCUT2D eigenvalue weighted by Gasteiger charge is 2.34. The molecule has 1 aromatic carbocycles. The largest absolute Gasteiger partial charge is 0.393 e. The molecule has 1 aromatic heterocycles. The van der Waals surface area contributed by atoms with Crippen LogP contribution in [-0.4, -0.2) is 20.8 Å². The molecule has 0 aliphatic heterocycles. The lowest BCUT2D eigenvalue weighted by Gasteiger charge is -2.34. The van der Waals surface area contributed by atoms with E-state index in [-0.39, 0.29) is 11.6 Å². The second-order valence-corrected chi connectivity index (χ2v) is 6.83. The van der Waals surface area contributed by atoms with Crippen molar-refractivity contribution in [3.05, 3.63) is 29.6 Å². The molecule has 0 atom stereocenters. The third-order valence-electron chi connectivity index (χ3n) is 4.13. The first kappa shape index (κ1) is 13.6. The molecule has 1 aliphatic carbocycles. The normalized spacial score (nSPS) is 23.1. The third kappa shape index (κ3) is 2.13. The van der Waals surface area contributed by atoms with Crippen molar-refractivity contribution in [3.63, 3.8) is 0 Å². The van der Waals surface area contributed by atoms with Crippen LogP contribution in [0.25, 0.3) is 11.0 Å². The van der Waals surface area contributed by atoms with Gasteiger partial charge in [-0.2, -0.15) is 0 Å². The summed E-state index contributed by atoms with van der Waals surface area (Å²) in [4.78, 5) is 4.84. The molecule has 0 radical (unpaired) electrons. The number of imidazole rings is 1. The van der Waals surface area contributed by atoms with E-state index in [1.165, 1.54) is 0 Å². The average molecular weight is 273 g/mol. The number of aliphatic hydroxyl groups excluding tert-OH is 1. The Balaban J connectivity index is 2.17. The third-order valence-corrected chi connectivity index (χ3v) is 4.13. The smallest absolute Gasteiger partial charge is 0.113 e. The fourth-order valence-corrected chi connectivity index (χ4v) is 3.05. The van der Waals surface area contributed by atoms with Crippen LogP contribution < -0.4 is 5.73 Å². The summed E-state index contributed by atoms with van der Waals surface area (Å²) in [6, 6.07) is 6.27. The second kappa shape index (κ2) is 4.57. The molecule has 0 unspecified atom stereocenters. The highest BCUT2D eigenvalue weighted by atomic mass is 16.3. The van der Waals surface area contributed by atoms with Gasteiger partial charge in [-0.3, -0.25) is 0 Å². The monoisotopic (exact) mass is 273 g/mol. The molecule has 0 saturated heterocycles. The summed E-state index contributed by atoms with van der Waals surface area (Å²) >= 11 is 0. The molecule has 1 saturated carbocycles. The van der Waals surface area contributed by atoms with Crippen molar-refractivity contribution >= 4 is 11.0 Å². The maximum atomic E-state index is 9.58. The summed E-state index contributed by atoms with van der Waals surface area (Å²) < 4.78 is 2.32. The van der Waals surface area contributed by atoms with Gasteiger partial charge in [0.25, 0.3) is 0 Å². The van der Waals surface area contributed by atoms with Crippen molar-refractivity contribution in [3.8, 4) is 0 Å². The van der Waals surface area contributed by atoms with E-state index in [0.717, 1.165) is 35.3 Å². The van der Waals surface area contributed by atoms with Gasteiger partial charge in [0.1, 0.15) is 5.82 Å². The molecule has 3 N–H and O–H groups in total. The van der Waals surface area contributed by atoms with Gasteiger partial charge < -0.3 is 15.4 Å². The van der Waals surface area contributed by atoms with Crippen molar-refractivity contribution in [2.75, 3.05) is 0 Å². The number of rotatable bonds is 2. The number of aliphatic hydroxyl groups is 1. The minimum absolute atomic E-state index is 0.0190. The van der Waals surface area contributed by atoms with Crippen molar-refractivity contribution in [2.24, 2.45) is 5.73 Å². The SMILES string of the molecule is CC(C)(C)n1c(C2CC(O)C2)nc2cc(CN)ccc21. The minimum atomic E-state index is -0.159. The van der Waals surface area contributed by atoms with Gasteiger partial charge in [0, 0.05) is 18.0 Å². The van der Waals surface area contributed by atoms with Crippen molar-refractivity contribution < 1.29 is 5.11 Å².